The molecule has 1 atom stereocenters. The van der Waals surface area contributed by atoms with Gasteiger partial charge in [0.25, 0.3) is 0 Å². The third kappa shape index (κ3) is 4.79. The van der Waals surface area contributed by atoms with Gasteiger partial charge in [0.2, 0.25) is 0 Å². The summed E-state index contributed by atoms with van der Waals surface area (Å²) in [5.74, 6) is 0.465. The Morgan fingerprint density at radius 1 is 0.892 bits per heavy atom. The fraction of sp³-hybridized carbons (Fsp3) is 0.321. The number of benzene rings is 2. The molecule has 0 bridgehead atoms. The molecular formula is C28H29F2N7. The van der Waals surface area contributed by atoms with Crippen LogP contribution in [0.2, 0.25) is 0 Å². The molecule has 0 aliphatic carbocycles. The molecule has 4 heterocycles. The number of pyridine rings is 1. The molecule has 2 fully saturated rings. The van der Waals surface area contributed by atoms with Crippen LogP contribution in [0.5, 0.6) is 0 Å². The first-order valence-electron chi connectivity index (χ1n) is 12.7. The Hall–Kier alpha value is -3.85. The van der Waals surface area contributed by atoms with E-state index in [0.29, 0.717) is 34.8 Å². The molecule has 0 spiro atoms. The van der Waals surface area contributed by atoms with Gasteiger partial charge in [-0.2, -0.15) is 0 Å². The van der Waals surface area contributed by atoms with E-state index in [1.807, 2.05) is 17.0 Å². The zero-order chi connectivity index (χ0) is 25.4. The van der Waals surface area contributed by atoms with E-state index < -0.39 is 11.6 Å². The summed E-state index contributed by atoms with van der Waals surface area (Å²) in [5.41, 5.74) is 3.82. The van der Waals surface area contributed by atoms with Crippen LogP contribution in [0.1, 0.15) is 24.4 Å². The van der Waals surface area contributed by atoms with Crippen molar-refractivity contribution in [3.05, 3.63) is 78.1 Å². The Bertz CT molecular complexity index is 1400. The third-order valence-corrected chi connectivity index (χ3v) is 7.33. The second-order valence-electron chi connectivity index (χ2n) is 9.74. The first-order valence-corrected chi connectivity index (χ1v) is 12.7. The van der Waals surface area contributed by atoms with Gasteiger partial charge in [-0.1, -0.05) is 0 Å². The van der Waals surface area contributed by atoms with Gasteiger partial charge in [0.15, 0.2) is 5.82 Å². The van der Waals surface area contributed by atoms with E-state index in [0.717, 1.165) is 50.8 Å². The van der Waals surface area contributed by atoms with Crippen LogP contribution >= 0.6 is 0 Å². The van der Waals surface area contributed by atoms with Crippen molar-refractivity contribution in [3.8, 4) is 0 Å². The molecule has 0 saturated carbocycles. The summed E-state index contributed by atoms with van der Waals surface area (Å²) in [6, 6.07) is 15.5. The van der Waals surface area contributed by atoms with Crippen molar-refractivity contribution >= 4 is 34.0 Å². The highest BCUT2D eigenvalue weighted by Crippen LogP contribution is 2.37. The van der Waals surface area contributed by atoms with E-state index >= 15 is 0 Å². The van der Waals surface area contributed by atoms with Crippen LogP contribution in [-0.2, 0) is 0 Å². The van der Waals surface area contributed by atoms with Crippen LogP contribution in [0.15, 0.2) is 60.9 Å². The highest BCUT2D eigenvalue weighted by Gasteiger charge is 2.30. The topological polar surface area (TPSA) is 60.4 Å². The summed E-state index contributed by atoms with van der Waals surface area (Å²) in [6.07, 6.45) is 3.12. The molecule has 37 heavy (non-hydrogen) atoms. The van der Waals surface area contributed by atoms with Gasteiger partial charge in [-0.05, 0) is 74.5 Å². The lowest BCUT2D eigenvalue weighted by Gasteiger charge is -2.34. The van der Waals surface area contributed by atoms with E-state index in [1.165, 1.54) is 24.1 Å². The van der Waals surface area contributed by atoms with Gasteiger partial charge in [-0.3, -0.25) is 0 Å². The van der Waals surface area contributed by atoms with Crippen LogP contribution in [0.3, 0.4) is 0 Å². The van der Waals surface area contributed by atoms with Gasteiger partial charge < -0.3 is 20.0 Å². The summed E-state index contributed by atoms with van der Waals surface area (Å²) in [6.45, 7) is 4.87. The van der Waals surface area contributed by atoms with E-state index in [2.05, 4.69) is 56.4 Å². The number of nitrogens with one attached hydrogen (secondary N) is 1. The Labute approximate surface area is 214 Å². The maximum atomic E-state index is 14.6. The second kappa shape index (κ2) is 9.89. The van der Waals surface area contributed by atoms with Gasteiger partial charge in [0.05, 0.1) is 11.6 Å². The van der Waals surface area contributed by atoms with Crippen molar-refractivity contribution in [2.45, 2.75) is 18.9 Å². The number of hydrogen-bond donors (Lipinski definition) is 1. The van der Waals surface area contributed by atoms with E-state index in [9.17, 15) is 8.78 Å². The minimum Gasteiger partial charge on any atom is -0.369 e. The number of fused-ring (bicyclic) bond motifs is 1. The zero-order valence-electron chi connectivity index (χ0n) is 20.7. The first kappa shape index (κ1) is 23.5. The largest absolute Gasteiger partial charge is 0.369 e. The number of likely N-dealkylation sites (N-methyl/N-ethyl adjacent to an activating group) is 1. The monoisotopic (exact) mass is 501 g/mol. The van der Waals surface area contributed by atoms with E-state index in [1.54, 1.807) is 0 Å². The normalized spacial score (nSPS) is 18.5. The molecule has 7 nitrogen and oxygen atoms in total. The number of rotatable bonds is 5. The predicted octanol–water partition coefficient (Wildman–Crippen LogP) is 5.14. The minimum absolute atomic E-state index is 0.274. The molecule has 6 rings (SSSR count). The molecule has 2 aromatic heterocycles. The van der Waals surface area contributed by atoms with Crippen molar-refractivity contribution < 1.29 is 8.78 Å². The lowest BCUT2D eigenvalue weighted by molar-refractivity contribution is 0.313. The smallest absolute Gasteiger partial charge is 0.160 e. The molecule has 2 aliphatic rings. The Kier molecular flexibility index (Phi) is 6.30. The second-order valence-corrected chi connectivity index (χ2v) is 9.74. The fourth-order valence-electron chi connectivity index (χ4n) is 5.27. The van der Waals surface area contributed by atoms with Gasteiger partial charge in [-0.15, -0.1) is 0 Å². The highest BCUT2D eigenvalue weighted by molar-refractivity contribution is 5.88. The molecule has 4 aromatic rings. The molecule has 0 unspecified atom stereocenters. The van der Waals surface area contributed by atoms with E-state index in [-0.39, 0.29) is 6.04 Å². The maximum Gasteiger partial charge on any atom is 0.160 e. The van der Waals surface area contributed by atoms with Crippen molar-refractivity contribution in [2.75, 3.05) is 54.9 Å². The lowest BCUT2D eigenvalue weighted by Crippen LogP contribution is -2.44. The molecule has 2 saturated heterocycles. The third-order valence-electron chi connectivity index (χ3n) is 7.33. The Morgan fingerprint density at radius 3 is 2.51 bits per heavy atom. The Morgan fingerprint density at radius 2 is 1.70 bits per heavy atom. The van der Waals surface area contributed by atoms with Gasteiger partial charge in [-0.25, -0.2) is 23.7 Å². The molecule has 0 radical (unpaired) electrons. The molecule has 2 aliphatic heterocycles. The van der Waals surface area contributed by atoms with Crippen LogP contribution in [0, 0.1) is 11.6 Å². The summed E-state index contributed by atoms with van der Waals surface area (Å²) in [5, 5.41) is 3.39. The number of hydrogen-bond acceptors (Lipinski definition) is 7. The summed E-state index contributed by atoms with van der Waals surface area (Å²) >= 11 is 0. The molecule has 2 aromatic carbocycles. The quantitative estimate of drug-likeness (QED) is 0.406. The van der Waals surface area contributed by atoms with Crippen molar-refractivity contribution in [3.63, 3.8) is 0 Å². The van der Waals surface area contributed by atoms with Gasteiger partial charge in [0.1, 0.15) is 29.3 Å². The van der Waals surface area contributed by atoms with Gasteiger partial charge >= 0.3 is 0 Å². The van der Waals surface area contributed by atoms with Crippen LogP contribution < -0.4 is 15.1 Å². The van der Waals surface area contributed by atoms with Crippen LogP contribution in [0.4, 0.5) is 31.8 Å². The van der Waals surface area contributed by atoms with Crippen LogP contribution in [-0.4, -0.2) is 59.6 Å². The van der Waals surface area contributed by atoms with E-state index in [4.69, 9.17) is 4.98 Å². The maximum absolute atomic E-state index is 14.6. The zero-order valence-corrected chi connectivity index (χ0v) is 20.7. The lowest BCUT2D eigenvalue weighted by atomic mass is 10.0. The minimum atomic E-state index is -0.437. The molecule has 190 valence electrons. The summed E-state index contributed by atoms with van der Waals surface area (Å²) in [4.78, 5) is 20.5. The van der Waals surface area contributed by atoms with Crippen molar-refractivity contribution in [2.24, 2.45) is 0 Å². The predicted molar refractivity (Wildman–Crippen MR) is 142 cm³/mol. The SMILES string of the molecule is CN1CCN(c2ccc(Nc3ncnc4ccc(N5CCC[C@@H]5c5cc(F)ccc5F)nc34)cc2)CC1. The molecule has 1 N–H and O–H groups in total. The van der Waals surface area contributed by atoms with Crippen molar-refractivity contribution in [1.82, 2.24) is 19.9 Å². The van der Waals surface area contributed by atoms with Crippen LogP contribution in [0.25, 0.3) is 11.0 Å². The highest BCUT2D eigenvalue weighted by atomic mass is 19.1. The summed E-state index contributed by atoms with van der Waals surface area (Å²) in [7, 11) is 2.15. The number of halogens is 2. The Balaban J connectivity index is 1.27. The van der Waals surface area contributed by atoms with Crippen molar-refractivity contribution in [1.29, 1.82) is 0 Å². The fourth-order valence-corrected chi connectivity index (χ4v) is 5.27. The molecular weight excluding hydrogens is 472 g/mol. The first-order chi connectivity index (χ1) is 18.0. The van der Waals surface area contributed by atoms with Gasteiger partial charge in [0, 0.05) is 49.7 Å². The standard InChI is InChI=1S/C28H29F2N7/c1-35-13-15-36(16-14-35)21-7-5-20(6-8-21)33-28-27-24(31-18-32-28)10-11-26(34-27)37-12-2-3-25(37)22-17-19(29)4-9-23(22)30/h4-11,17-18,25H,2-3,12-16H2,1H3,(H,31,32,33)/t25-/m1/s1. The number of piperazine rings is 1. The average molecular weight is 502 g/mol. The average Bonchev–Trinajstić information content (AvgIpc) is 3.41. The number of aromatic nitrogens is 3. The number of anilines is 4. The molecule has 0 amide bonds. The summed E-state index contributed by atoms with van der Waals surface area (Å²) < 4.78 is 28.5. The number of nitrogens with zero attached hydrogens (tertiary/aromatic N) is 6. The molecule has 9 heteroatoms.